The number of hydrogen-bond acceptors (Lipinski definition) is 3. The van der Waals surface area contributed by atoms with Crippen LogP contribution in [0.25, 0.3) is 0 Å². The predicted octanol–water partition coefficient (Wildman–Crippen LogP) is 2.39. The summed E-state index contributed by atoms with van der Waals surface area (Å²) in [5, 5.41) is 3.36. The third kappa shape index (κ3) is 6.01. The molecule has 1 aliphatic heterocycles. The van der Waals surface area contributed by atoms with E-state index < -0.39 is 13.0 Å². The summed E-state index contributed by atoms with van der Waals surface area (Å²) in [6.07, 6.45) is -1.21. The van der Waals surface area contributed by atoms with Crippen molar-refractivity contribution in [1.82, 2.24) is 5.32 Å². The second-order valence-electron chi connectivity index (χ2n) is 5.00. The van der Waals surface area contributed by atoms with Crippen molar-refractivity contribution in [2.24, 2.45) is 5.41 Å². The van der Waals surface area contributed by atoms with Crippen molar-refractivity contribution in [3.05, 3.63) is 0 Å². The van der Waals surface area contributed by atoms with Gasteiger partial charge in [0.1, 0.15) is 6.61 Å². The maximum absolute atomic E-state index is 11.8. The molecule has 1 rings (SSSR count). The summed E-state index contributed by atoms with van der Waals surface area (Å²) < 4.78 is 28.4. The van der Waals surface area contributed by atoms with Gasteiger partial charge in [0.15, 0.2) is 0 Å². The molecule has 96 valence electrons. The zero-order valence-corrected chi connectivity index (χ0v) is 10.8. The van der Waals surface area contributed by atoms with E-state index in [1.54, 1.807) is 0 Å². The Bertz CT molecular complexity index is 202. The summed E-state index contributed by atoms with van der Waals surface area (Å²) in [4.78, 5) is 0. The number of nitrogens with one attached hydrogen (secondary N) is 1. The average Bonchev–Trinajstić information content (AvgIpc) is 2.15. The molecule has 0 aromatic rings. The van der Waals surface area contributed by atoms with Gasteiger partial charge >= 0.3 is 0 Å². The first-order valence-corrected chi connectivity index (χ1v) is 6.82. The van der Waals surface area contributed by atoms with E-state index in [1.165, 1.54) is 5.75 Å². The van der Waals surface area contributed by atoms with E-state index in [4.69, 9.17) is 4.74 Å². The Hall–Kier alpha value is 0.130. The number of halogens is 2. The Kier molecular flexibility index (Phi) is 6.00. The largest absolute Gasteiger partial charge is 0.374 e. The highest BCUT2D eigenvalue weighted by Gasteiger charge is 2.27. The molecule has 1 heterocycles. The van der Waals surface area contributed by atoms with E-state index >= 15 is 0 Å². The molecular formula is C11H21F2NOS. The van der Waals surface area contributed by atoms with Crippen LogP contribution in [-0.4, -0.2) is 43.7 Å². The summed E-state index contributed by atoms with van der Waals surface area (Å²) in [6.45, 7) is 5.11. The maximum Gasteiger partial charge on any atom is 0.261 e. The molecule has 0 saturated carbocycles. The van der Waals surface area contributed by atoms with Crippen LogP contribution in [-0.2, 0) is 4.74 Å². The summed E-state index contributed by atoms with van der Waals surface area (Å²) in [7, 11) is 0. The molecule has 1 aliphatic rings. The summed E-state index contributed by atoms with van der Waals surface area (Å²) in [6, 6.07) is 0.490. The van der Waals surface area contributed by atoms with Crippen LogP contribution in [0.4, 0.5) is 8.78 Å². The molecule has 0 amide bonds. The van der Waals surface area contributed by atoms with Gasteiger partial charge in [0, 0.05) is 18.3 Å². The van der Waals surface area contributed by atoms with E-state index in [0.29, 0.717) is 24.6 Å². The number of hydrogen-bond donors (Lipinski definition) is 1. The van der Waals surface area contributed by atoms with Gasteiger partial charge in [0.25, 0.3) is 6.43 Å². The van der Waals surface area contributed by atoms with E-state index in [2.05, 4.69) is 19.2 Å². The summed E-state index contributed by atoms with van der Waals surface area (Å²) in [5.74, 6) is 2.31. The fourth-order valence-corrected chi connectivity index (χ4v) is 3.21. The third-order valence-electron chi connectivity index (χ3n) is 2.53. The molecule has 1 saturated heterocycles. The minimum Gasteiger partial charge on any atom is -0.374 e. The zero-order valence-electron chi connectivity index (χ0n) is 9.97. The van der Waals surface area contributed by atoms with Crippen molar-refractivity contribution in [1.29, 1.82) is 0 Å². The Balaban J connectivity index is 2.04. The first-order valence-electron chi connectivity index (χ1n) is 5.67. The van der Waals surface area contributed by atoms with Crippen LogP contribution in [0.3, 0.4) is 0 Å². The van der Waals surface area contributed by atoms with Gasteiger partial charge in [-0.2, -0.15) is 11.8 Å². The van der Waals surface area contributed by atoms with Crippen LogP contribution in [0.1, 0.15) is 20.3 Å². The minimum atomic E-state index is -2.36. The lowest BCUT2D eigenvalue weighted by Crippen LogP contribution is -2.41. The van der Waals surface area contributed by atoms with E-state index in [9.17, 15) is 8.78 Å². The normalized spacial score (nSPS) is 24.9. The van der Waals surface area contributed by atoms with Crippen LogP contribution in [0.5, 0.6) is 0 Å². The third-order valence-corrected chi connectivity index (χ3v) is 4.16. The lowest BCUT2D eigenvalue weighted by molar-refractivity contribution is 0.0181. The van der Waals surface area contributed by atoms with Gasteiger partial charge in [0.05, 0.1) is 6.61 Å². The number of ether oxygens (including phenoxy) is 1. The topological polar surface area (TPSA) is 21.3 Å². The second kappa shape index (κ2) is 6.77. The van der Waals surface area contributed by atoms with Gasteiger partial charge in [-0.3, -0.25) is 0 Å². The molecule has 5 heteroatoms. The summed E-state index contributed by atoms with van der Waals surface area (Å²) >= 11 is 1.96. The van der Waals surface area contributed by atoms with Gasteiger partial charge in [-0.05, 0) is 17.6 Å². The first kappa shape index (κ1) is 14.2. The van der Waals surface area contributed by atoms with Crippen molar-refractivity contribution < 1.29 is 13.5 Å². The van der Waals surface area contributed by atoms with Crippen molar-refractivity contribution >= 4 is 11.8 Å². The van der Waals surface area contributed by atoms with Crippen molar-refractivity contribution in [3.8, 4) is 0 Å². The predicted molar refractivity (Wildman–Crippen MR) is 64.3 cm³/mol. The highest BCUT2D eigenvalue weighted by molar-refractivity contribution is 7.99. The molecule has 1 fully saturated rings. The monoisotopic (exact) mass is 253 g/mol. The second-order valence-corrected chi connectivity index (χ2v) is 6.03. The van der Waals surface area contributed by atoms with Crippen LogP contribution >= 0.6 is 11.8 Å². The molecule has 0 aromatic carbocycles. The zero-order chi connectivity index (χ0) is 12.0. The van der Waals surface area contributed by atoms with Gasteiger partial charge < -0.3 is 10.1 Å². The molecule has 0 spiro atoms. The SMILES string of the molecule is CC1(C)CSCC(NCCOCC(F)F)C1. The van der Waals surface area contributed by atoms with Crippen LogP contribution in [0.2, 0.25) is 0 Å². The van der Waals surface area contributed by atoms with E-state index in [0.717, 1.165) is 12.2 Å². The average molecular weight is 253 g/mol. The first-order chi connectivity index (χ1) is 7.49. The molecule has 0 aliphatic carbocycles. The smallest absolute Gasteiger partial charge is 0.261 e. The molecule has 1 atom stereocenters. The van der Waals surface area contributed by atoms with Gasteiger partial charge in [-0.15, -0.1) is 0 Å². The standard InChI is InChI=1S/C11H21F2NOS/c1-11(2)5-9(7-16-8-11)14-3-4-15-6-10(12)13/h9-10,14H,3-8H2,1-2H3. The Labute approximate surface area is 101 Å². The Morgan fingerprint density at radius 3 is 2.88 bits per heavy atom. The molecular weight excluding hydrogens is 232 g/mol. The van der Waals surface area contributed by atoms with Gasteiger partial charge in [-0.25, -0.2) is 8.78 Å². The van der Waals surface area contributed by atoms with Crippen LogP contribution in [0.15, 0.2) is 0 Å². The van der Waals surface area contributed by atoms with Crippen molar-refractivity contribution in [3.63, 3.8) is 0 Å². The Morgan fingerprint density at radius 1 is 1.50 bits per heavy atom. The highest BCUT2D eigenvalue weighted by atomic mass is 32.2. The van der Waals surface area contributed by atoms with Gasteiger partial charge in [-0.1, -0.05) is 13.8 Å². The minimum absolute atomic E-state index is 0.367. The lowest BCUT2D eigenvalue weighted by Gasteiger charge is -2.35. The quantitative estimate of drug-likeness (QED) is 0.734. The van der Waals surface area contributed by atoms with Crippen LogP contribution < -0.4 is 5.32 Å². The van der Waals surface area contributed by atoms with Crippen molar-refractivity contribution in [2.45, 2.75) is 32.7 Å². The molecule has 0 radical (unpaired) electrons. The molecule has 2 nitrogen and oxygen atoms in total. The number of thioether (sulfide) groups is 1. The molecule has 16 heavy (non-hydrogen) atoms. The van der Waals surface area contributed by atoms with Gasteiger partial charge in [0.2, 0.25) is 0 Å². The molecule has 0 bridgehead atoms. The molecule has 0 aromatic heterocycles. The molecule has 1 unspecified atom stereocenters. The van der Waals surface area contributed by atoms with E-state index in [1.807, 2.05) is 11.8 Å². The fourth-order valence-electron chi connectivity index (χ4n) is 1.90. The summed E-state index contributed by atoms with van der Waals surface area (Å²) in [5.41, 5.74) is 0.379. The van der Waals surface area contributed by atoms with Crippen molar-refractivity contribution in [2.75, 3.05) is 31.3 Å². The highest BCUT2D eigenvalue weighted by Crippen LogP contribution is 2.33. The van der Waals surface area contributed by atoms with E-state index in [-0.39, 0.29) is 0 Å². The fraction of sp³-hybridized carbons (Fsp3) is 1.00. The lowest BCUT2D eigenvalue weighted by atomic mass is 9.88. The maximum atomic E-state index is 11.8. The van der Waals surface area contributed by atoms with Crippen LogP contribution in [0, 0.1) is 5.41 Å². The number of rotatable bonds is 6. The number of alkyl halides is 2. The Morgan fingerprint density at radius 2 is 2.25 bits per heavy atom. The molecule has 1 N–H and O–H groups in total.